The van der Waals surface area contributed by atoms with E-state index in [0.717, 1.165) is 0 Å². The number of aromatic hydroxyl groups is 1. The quantitative estimate of drug-likeness (QED) is 0.854. The highest BCUT2D eigenvalue weighted by Crippen LogP contribution is 2.21. The van der Waals surface area contributed by atoms with Crippen molar-refractivity contribution in [1.29, 1.82) is 0 Å². The van der Waals surface area contributed by atoms with Crippen molar-refractivity contribution in [2.24, 2.45) is 0 Å². The summed E-state index contributed by atoms with van der Waals surface area (Å²) in [7, 11) is -3.12. The van der Waals surface area contributed by atoms with E-state index in [-0.39, 0.29) is 29.4 Å². The van der Waals surface area contributed by atoms with Crippen LogP contribution in [0.25, 0.3) is 0 Å². The molecule has 0 aliphatic rings. The van der Waals surface area contributed by atoms with Gasteiger partial charge in [0.25, 0.3) is 5.91 Å². The Morgan fingerprint density at radius 1 is 1.44 bits per heavy atom. The van der Waals surface area contributed by atoms with Gasteiger partial charge in [0.05, 0.1) is 11.3 Å². The maximum Gasteiger partial charge on any atom is 0.255 e. The maximum atomic E-state index is 11.7. The summed E-state index contributed by atoms with van der Waals surface area (Å²) in [5.74, 6) is -0.849. The summed E-state index contributed by atoms with van der Waals surface area (Å²) in [5.41, 5.74) is 0.0244. The van der Waals surface area contributed by atoms with Gasteiger partial charge < -0.3 is 10.4 Å². The fraction of sp³-hybridized carbons (Fsp3) is 0.364. The topological polar surface area (TPSA) is 83.5 Å². The Bertz CT molecular complexity index is 542. The lowest BCUT2D eigenvalue weighted by Crippen LogP contribution is -2.29. The van der Waals surface area contributed by atoms with E-state index in [4.69, 9.17) is 11.6 Å². The average molecular weight is 292 g/mol. The van der Waals surface area contributed by atoms with Gasteiger partial charge in [-0.2, -0.15) is 0 Å². The summed E-state index contributed by atoms with van der Waals surface area (Å²) in [6, 6.07) is 4.08. The van der Waals surface area contributed by atoms with E-state index in [2.05, 4.69) is 5.32 Å². The first-order chi connectivity index (χ1) is 8.35. The normalized spacial score (nSPS) is 11.2. The van der Waals surface area contributed by atoms with E-state index in [1.54, 1.807) is 6.92 Å². The van der Waals surface area contributed by atoms with Gasteiger partial charge in [-0.15, -0.1) is 0 Å². The lowest BCUT2D eigenvalue weighted by molar-refractivity contribution is 0.0953. The van der Waals surface area contributed by atoms with Gasteiger partial charge in [0, 0.05) is 17.3 Å². The third-order valence-corrected chi connectivity index (χ3v) is 4.28. The van der Waals surface area contributed by atoms with Crippen molar-refractivity contribution in [3.63, 3.8) is 0 Å². The predicted octanol–water partition coefficient (Wildman–Crippen LogP) is 1.21. The molecule has 7 heteroatoms. The van der Waals surface area contributed by atoms with E-state index < -0.39 is 15.7 Å². The van der Waals surface area contributed by atoms with Crippen molar-refractivity contribution < 1.29 is 18.3 Å². The minimum atomic E-state index is -3.12. The Morgan fingerprint density at radius 2 is 2.11 bits per heavy atom. The van der Waals surface area contributed by atoms with E-state index >= 15 is 0 Å². The molecule has 18 heavy (non-hydrogen) atoms. The van der Waals surface area contributed by atoms with Gasteiger partial charge in [-0.25, -0.2) is 8.42 Å². The van der Waals surface area contributed by atoms with Gasteiger partial charge in [0.1, 0.15) is 5.75 Å². The Labute approximate surface area is 111 Å². The number of halogens is 1. The SMILES string of the molecule is CCS(=O)(=O)CCNC(=O)c1cc(Cl)ccc1O. The van der Waals surface area contributed by atoms with Crippen molar-refractivity contribution in [2.45, 2.75) is 6.92 Å². The van der Waals surface area contributed by atoms with Crippen LogP contribution in [0.4, 0.5) is 0 Å². The lowest BCUT2D eigenvalue weighted by atomic mass is 10.2. The summed E-state index contributed by atoms with van der Waals surface area (Å²) < 4.78 is 22.4. The van der Waals surface area contributed by atoms with Gasteiger partial charge in [0.15, 0.2) is 9.84 Å². The van der Waals surface area contributed by atoms with E-state index in [0.29, 0.717) is 5.02 Å². The molecule has 0 aromatic heterocycles. The van der Waals surface area contributed by atoms with Crippen molar-refractivity contribution in [2.75, 3.05) is 18.1 Å². The zero-order chi connectivity index (χ0) is 13.8. The van der Waals surface area contributed by atoms with Gasteiger partial charge >= 0.3 is 0 Å². The van der Waals surface area contributed by atoms with Crippen LogP contribution in [0, 0.1) is 0 Å². The van der Waals surface area contributed by atoms with Crippen molar-refractivity contribution in [3.05, 3.63) is 28.8 Å². The van der Waals surface area contributed by atoms with Gasteiger partial charge in [-0.1, -0.05) is 18.5 Å². The molecule has 0 saturated heterocycles. The van der Waals surface area contributed by atoms with Crippen LogP contribution in [0.3, 0.4) is 0 Å². The Balaban J connectivity index is 2.64. The fourth-order valence-electron chi connectivity index (χ4n) is 1.25. The number of phenols is 1. The molecule has 1 aromatic rings. The number of phenolic OH excluding ortho intramolecular Hbond substituents is 1. The average Bonchev–Trinajstić information content (AvgIpc) is 2.32. The van der Waals surface area contributed by atoms with Crippen LogP contribution in [0.1, 0.15) is 17.3 Å². The highest BCUT2D eigenvalue weighted by atomic mass is 35.5. The first-order valence-electron chi connectivity index (χ1n) is 5.33. The van der Waals surface area contributed by atoms with Crippen LogP contribution >= 0.6 is 11.6 Å². The van der Waals surface area contributed by atoms with E-state index in [1.807, 2.05) is 0 Å². The molecule has 0 saturated carbocycles. The number of sulfone groups is 1. The Kier molecular flexibility index (Phi) is 4.98. The monoisotopic (exact) mass is 291 g/mol. The van der Waals surface area contributed by atoms with Gasteiger partial charge in [0.2, 0.25) is 0 Å². The first kappa shape index (κ1) is 14.8. The summed E-state index contributed by atoms with van der Waals surface area (Å²) in [6.07, 6.45) is 0. The summed E-state index contributed by atoms with van der Waals surface area (Å²) in [5, 5.41) is 12.2. The second kappa shape index (κ2) is 6.06. The Hall–Kier alpha value is -1.27. The smallest absolute Gasteiger partial charge is 0.255 e. The van der Waals surface area contributed by atoms with Gasteiger partial charge in [-0.05, 0) is 18.2 Å². The molecule has 0 spiro atoms. The lowest BCUT2D eigenvalue weighted by Gasteiger charge is -2.07. The molecule has 1 aromatic carbocycles. The first-order valence-corrected chi connectivity index (χ1v) is 7.53. The minimum absolute atomic E-state index is 0.000952. The zero-order valence-corrected chi connectivity index (χ0v) is 11.4. The van der Waals surface area contributed by atoms with Crippen LogP contribution < -0.4 is 5.32 Å². The second-order valence-electron chi connectivity index (χ2n) is 3.65. The van der Waals surface area contributed by atoms with Crippen LogP contribution in [0.15, 0.2) is 18.2 Å². The fourth-order valence-corrected chi connectivity index (χ4v) is 2.12. The third-order valence-electron chi connectivity index (χ3n) is 2.34. The van der Waals surface area contributed by atoms with Crippen molar-refractivity contribution >= 4 is 27.3 Å². The molecule has 5 nitrogen and oxygen atoms in total. The molecule has 0 aliphatic carbocycles. The molecule has 0 unspecified atom stereocenters. The number of hydrogen-bond acceptors (Lipinski definition) is 4. The number of nitrogens with one attached hydrogen (secondary N) is 1. The molecule has 2 N–H and O–H groups in total. The van der Waals surface area contributed by atoms with E-state index in [9.17, 15) is 18.3 Å². The number of rotatable bonds is 5. The van der Waals surface area contributed by atoms with Crippen molar-refractivity contribution in [3.8, 4) is 5.75 Å². The molecule has 0 bridgehead atoms. The highest BCUT2D eigenvalue weighted by molar-refractivity contribution is 7.91. The van der Waals surface area contributed by atoms with Crippen LogP contribution in [0.2, 0.25) is 5.02 Å². The van der Waals surface area contributed by atoms with Crippen LogP contribution in [0.5, 0.6) is 5.75 Å². The number of carbonyl (C=O) groups excluding carboxylic acids is 1. The number of benzene rings is 1. The summed E-state index contributed by atoms with van der Waals surface area (Å²) >= 11 is 5.70. The maximum absolute atomic E-state index is 11.7. The van der Waals surface area contributed by atoms with Crippen molar-refractivity contribution in [1.82, 2.24) is 5.32 Å². The number of carbonyl (C=O) groups is 1. The van der Waals surface area contributed by atoms with Crippen LogP contribution in [-0.2, 0) is 9.84 Å². The standard InChI is InChI=1S/C11H14ClNO4S/c1-2-18(16,17)6-5-13-11(15)9-7-8(12)3-4-10(9)14/h3-4,7,14H,2,5-6H2,1H3,(H,13,15). The molecular formula is C11H14ClNO4S. The minimum Gasteiger partial charge on any atom is -0.507 e. The largest absolute Gasteiger partial charge is 0.507 e. The second-order valence-corrected chi connectivity index (χ2v) is 6.56. The molecule has 1 rings (SSSR count). The summed E-state index contributed by atoms with van der Waals surface area (Å²) in [4.78, 5) is 11.7. The molecule has 1 amide bonds. The predicted molar refractivity (Wildman–Crippen MR) is 69.8 cm³/mol. The molecule has 0 aliphatic heterocycles. The third kappa shape index (κ3) is 4.19. The molecular weight excluding hydrogens is 278 g/mol. The number of hydrogen-bond donors (Lipinski definition) is 2. The highest BCUT2D eigenvalue weighted by Gasteiger charge is 2.13. The molecule has 0 radical (unpaired) electrons. The molecule has 0 fully saturated rings. The summed E-state index contributed by atoms with van der Waals surface area (Å²) in [6.45, 7) is 1.54. The molecule has 0 heterocycles. The van der Waals surface area contributed by atoms with Gasteiger partial charge in [-0.3, -0.25) is 4.79 Å². The number of amides is 1. The van der Waals surface area contributed by atoms with Crippen LogP contribution in [-0.4, -0.2) is 37.5 Å². The van der Waals surface area contributed by atoms with E-state index in [1.165, 1.54) is 18.2 Å². The molecule has 100 valence electrons. The Morgan fingerprint density at radius 3 is 2.72 bits per heavy atom. The molecule has 0 atom stereocenters. The zero-order valence-electron chi connectivity index (χ0n) is 9.81.